The van der Waals surface area contributed by atoms with Crippen LogP contribution in [-0.2, 0) is 17.8 Å². The molecule has 1 atom stereocenters. The lowest BCUT2D eigenvalue weighted by atomic mass is 10.1. The third-order valence-corrected chi connectivity index (χ3v) is 6.26. The van der Waals surface area contributed by atoms with Gasteiger partial charge in [-0.05, 0) is 54.9 Å². The molecular formula is C24H24FN3O4S. The number of nitrogens with one attached hydrogen (secondary N) is 2. The zero-order valence-corrected chi connectivity index (χ0v) is 18.8. The minimum atomic E-state index is -0.297. The number of aromatic nitrogens is 1. The minimum absolute atomic E-state index is 0.129. The van der Waals surface area contributed by atoms with Gasteiger partial charge < -0.3 is 29.4 Å². The molecule has 1 aromatic heterocycles. The summed E-state index contributed by atoms with van der Waals surface area (Å²) in [4.78, 5) is 17.7. The first kappa shape index (κ1) is 21.7. The Labute approximate surface area is 195 Å². The smallest absolute Gasteiger partial charge is 0.253 e. The fraction of sp³-hybridized carbons (Fsp3) is 0.333. The molecule has 1 saturated heterocycles. The van der Waals surface area contributed by atoms with Crippen molar-refractivity contribution in [3.63, 3.8) is 0 Å². The molecule has 0 spiro atoms. The van der Waals surface area contributed by atoms with Crippen molar-refractivity contribution in [1.29, 1.82) is 0 Å². The van der Waals surface area contributed by atoms with E-state index in [1.165, 1.54) is 12.1 Å². The van der Waals surface area contributed by atoms with Crippen LogP contribution in [0.15, 0.2) is 47.3 Å². The SMILES string of the molecule is O=c1[nH]c2cc3c(cc2cc1CN(Cc1ccc(F)cc1)C(=S)NC[C@@H]1CCCO1)OCO3. The molecule has 2 aromatic carbocycles. The average Bonchev–Trinajstić information content (AvgIpc) is 3.49. The monoisotopic (exact) mass is 469 g/mol. The van der Waals surface area contributed by atoms with Crippen LogP contribution in [-0.4, -0.2) is 41.0 Å². The van der Waals surface area contributed by atoms with Crippen molar-refractivity contribution < 1.29 is 18.6 Å². The maximum absolute atomic E-state index is 13.4. The summed E-state index contributed by atoms with van der Waals surface area (Å²) in [6, 6.07) is 11.7. The number of hydrogen-bond donors (Lipinski definition) is 2. The molecule has 0 aliphatic carbocycles. The van der Waals surface area contributed by atoms with E-state index in [0.717, 1.165) is 30.4 Å². The molecule has 0 bridgehead atoms. The second kappa shape index (κ2) is 9.36. The van der Waals surface area contributed by atoms with Gasteiger partial charge in [0.2, 0.25) is 6.79 Å². The molecule has 172 valence electrons. The Morgan fingerprint density at radius 1 is 1.15 bits per heavy atom. The van der Waals surface area contributed by atoms with Crippen LogP contribution in [0.1, 0.15) is 24.0 Å². The molecule has 2 aliphatic rings. The van der Waals surface area contributed by atoms with Crippen molar-refractivity contribution in [3.8, 4) is 11.5 Å². The molecule has 0 amide bonds. The number of hydrogen-bond acceptors (Lipinski definition) is 5. The zero-order chi connectivity index (χ0) is 22.8. The van der Waals surface area contributed by atoms with E-state index in [4.69, 9.17) is 26.4 Å². The van der Waals surface area contributed by atoms with E-state index >= 15 is 0 Å². The van der Waals surface area contributed by atoms with Gasteiger partial charge in [-0.2, -0.15) is 0 Å². The third kappa shape index (κ3) is 4.94. The number of thiocarbonyl (C=S) groups is 1. The van der Waals surface area contributed by atoms with Gasteiger partial charge in [-0.1, -0.05) is 12.1 Å². The van der Waals surface area contributed by atoms with Gasteiger partial charge in [0.1, 0.15) is 5.82 Å². The summed E-state index contributed by atoms with van der Waals surface area (Å²) >= 11 is 5.67. The van der Waals surface area contributed by atoms with Crippen molar-refractivity contribution in [1.82, 2.24) is 15.2 Å². The van der Waals surface area contributed by atoms with Crippen LogP contribution in [0.2, 0.25) is 0 Å². The van der Waals surface area contributed by atoms with Crippen molar-refractivity contribution in [2.75, 3.05) is 19.9 Å². The van der Waals surface area contributed by atoms with Gasteiger partial charge in [0.15, 0.2) is 16.6 Å². The fourth-order valence-corrected chi connectivity index (χ4v) is 4.30. The lowest BCUT2D eigenvalue weighted by molar-refractivity contribution is 0.113. The molecule has 9 heteroatoms. The predicted octanol–water partition coefficient (Wildman–Crippen LogP) is 3.45. The van der Waals surface area contributed by atoms with Crippen molar-refractivity contribution >= 4 is 28.2 Å². The number of fused-ring (bicyclic) bond motifs is 2. The number of halogens is 1. The molecule has 1 fully saturated rings. The van der Waals surface area contributed by atoms with E-state index in [-0.39, 0.29) is 30.8 Å². The van der Waals surface area contributed by atoms with Crippen LogP contribution >= 0.6 is 12.2 Å². The highest BCUT2D eigenvalue weighted by Gasteiger charge is 2.20. The molecule has 0 unspecified atom stereocenters. The second-order valence-corrected chi connectivity index (χ2v) is 8.61. The standard InChI is InChI=1S/C24H24FN3O4S/c25-18-5-3-15(4-6-18)12-28(24(33)26-11-19-2-1-7-30-19)13-17-8-16-9-21-22(32-14-31-21)10-20(16)27-23(17)29/h3-6,8-10,19H,1-2,7,11-14H2,(H,26,33)(H,27,29)/t19-/m0/s1. The summed E-state index contributed by atoms with van der Waals surface area (Å²) in [5.74, 6) is 0.967. The first-order valence-electron chi connectivity index (χ1n) is 10.9. The van der Waals surface area contributed by atoms with E-state index in [1.807, 2.05) is 17.0 Å². The molecule has 0 radical (unpaired) electrons. The lowest BCUT2D eigenvalue weighted by Crippen LogP contribution is -2.42. The van der Waals surface area contributed by atoms with E-state index in [1.54, 1.807) is 18.2 Å². The van der Waals surface area contributed by atoms with E-state index in [9.17, 15) is 9.18 Å². The van der Waals surface area contributed by atoms with Crippen LogP contribution in [0, 0.1) is 5.82 Å². The Morgan fingerprint density at radius 2 is 1.94 bits per heavy atom. The Kier molecular flexibility index (Phi) is 6.15. The van der Waals surface area contributed by atoms with Crippen LogP contribution in [0.4, 0.5) is 4.39 Å². The highest BCUT2D eigenvalue weighted by atomic mass is 32.1. The van der Waals surface area contributed by atoms with Crippen LogP contribution < -0.4 is 20.3 Å². The normalized spacial score (nSPS) is 16.8. The van der Waals surface area contributed by atoms with Crippen molar-refractivity contribution in [3.05, 3.63) is 69.8 Å². The maximum Gasteiger partial charge on any atom is 0.253 e. The topological polar surface area (TPSA) is 75.8 Å². The summed E-state index contributed by atoms with van der Waals surface area (Å²) < 4.78 is 29.9. The molecular weight excluding hydrogens is 445 g/mol. The Hall–Kier alpha value is -3.17. The minimum Gasteiger partial charge on any atom is -0.454 e. The molecule has 7 nitrogen and oxygen atoms in total. The van der Waals surface area contributed by atoms with Gasteiger partial charge in [-0.25, -0.2) is 4.39 Å². The quantitative estimate of drug-likeness (QED) is 0.536. The summed E-state index contributed by atoms with van der Waals surface area (Å²) in [6.45, 7) is 2.25. The van der Waals surface area contributed by atoms with E-state index < -0.39 is 0 Å². The Morgan fingerprint density at radius 3 is 2.70 bits per heavy atom. The lowest BCUT2D eigenvalue weighted by Gasteiger charge is -2.27. The number of ether oxygens (including phenoxy) is 3. The highest BCUT2D eigenvalue weighted by Crippen LogP contribution is 2.35. The molecule has 5 rings (SSSR count). The average molecular weight is 470 g/mol. The number of aromatic amines is 1. The number of nitrogens with zero attached hydrogens (tertiary/aromatic N) is 1. The predicted molar refractivity (Wildman–Crippen MR) is 126 cm³/mol. The molecule has 0 saturated carbocycles. The summed E-state index contributed by atoms with van der Waals surface area (Å²) in [5, 5.41) is 4.63. The van der Waals surface area contributed by atoms with Crippen molar-refractivity contribution in [2.24, 2.45) is 0 Å². The van der Waals surface area contributed by atoms with Gasteiger partial charge >= 0.3 is 0 Å². The molecule has 2 N–H and O–H groups in total. The summed E-state index contributed by atoms with van der Waals surface area (Å²) in [6.07, 6.45) is 2.17. The van der Waals surface area contributed by atoms with Gasteiger partial charge in [-0.15, -0.1) is 0 Å². The number of rotatable bonds is 6. The van der Waals surface area contributed by atoms with Crippen molar-refractivity contribution in [2.45, 2.75) is 32.0 Å². The van der Waals surface area contributed by atoms with Crippen LogP contribution in [0.3, 0.4) is 0 Å². The van der Waals surface area contributed by atoms with Gasteiger partial charge in [0.25, 0.3) is 5.56 Å². The van der Waals surface area contributed by atoms with E-state index in [2.05, 4.69) is 10.3 Å². The maximum atomic E-state index is 13.4. The van der Waals surface area contributed by atoms with Gasteiger partial charge in [0, 0.05) is 36.7 Å². The number of H-pyrrole nitrogens is 1. The molecule has 3 heterocycles. The third-order valence-electron chi connectivity index (χ3n) is 5.85. The summed E-state index contributed by atoms with van der Waals surface area (Å²) in [7, 11) is 0. The Balaban J connectivity index is 1.40. The summed E-state index contributed by atoms with van der Waals surface area (Å²) in [5.41, 5.74) is 1.92. The first-order chi connectivity index (χ1) is 16.0. The first-order valence-corrected chi connectivity index (χ1v) is 11.3. The van der Waals surface area contributed by atoms with Crippen LogP contribution in [0.5, 0.6) is 11.5 Å². The Bertz CT molecular complexity index is 1220. The van der Waals surface area contributed by atoms with Gasteiger partial charge in [-0.3, -0.25) is 4.79 Å². The fourth-order valence-electron chi connectivity index (χ4n) is 4.09. The number of benzene rings is 2. The van der Waals surface area contributed by atoms with Gasteiger partial charge in [0.05, 0.1) is 18.2 Å². The highest BCUT2D eigenvalue weighted by molar-refractivity contribution is 7.80. The molecule has 33 heavy (non-hydrogen) atoms. The zero-order valence-electron chi connectivity index (χ0n) is 17.9. The van der Waals surface area contributed by atoms with E-state index in [0.29, 0.717) is 40.8 Å². The van der Waals surface area contributed by atoms with Crippen LogP contribution in [0.25, 0.3) is 10.9 Å². The molecule has 3 aromatic rings. The number of pyridine rings is 1. The molecule has 2 aliphatic heterocycles. The second-order valence-electron chi connectivity index (χ2n) is 8.22. The largest absolute Gasteiger partial charge is 0.454 e.